The van der Waals surface area contributed by atoms with Gasteiger partial charge in [0, 0.05) is 27.2 Å². The maximum atomic E-state index is 15.2. The monoisotopic (exact) mass is 594 g/mol. The van der Waals surface area contributed by atoms with Gasteiger partial charge in [-0.1, -0.05) is 19.6 Å². The standard InChI is InChI=1S/C23H33F2IN2O4Si/c1-5-30-18(29)12-14-6-8-15(9-7-14)32-23-27-17-13-16(24)19(20(25)21(17)28-23)22(26)31-10-11-33(2,3)4/h13-15,22H,5-12H2,1-4H3,(H,27,28). The number of hydrogen-bond acceptors (Lipinski definition) is 5. The van der Waals surface area contributed by atoms with Crippen LogP contribution < -0.4 is 4.74 Å². The first-order valence-corrected chi connectivity index (χ1v) is 16.5. The summed E-state index contributed by atoms with van der Waals surface area (Å²) in [6, 6.07) is 2.34. The fourth-order valence-electron chi connectivity index (χ4n) is 3.96. The fraction of sp³-hybridized carbons (Fsp3) is 0.652. The van der Waals surface area contributed by atoms with Gasteiger partial charge < -0.3 is 19.2 Å². The second-order valence-electron chi connectivity index (χ2n) is 9.79. The van der Waals surface area contributed by atoms with E-state index in [1.54, 1.807) is 6.92 Å². The molecule has 0 saturated heterocycles. The van der Waals surface area contributed by atoms with Crippen LogP contribution in [-0.4, -0.2) is 43.3 Å². The minimum absolute atomic E-state index is 0.0489. The van der Waals surface area contributed by atoms with E-state index in [0.29, 0.717) is 19.6 Å². The van der Waals surface area contributed by atoms with Gasteiger partial charge in [0.1, 0.15) is 21.5 Å². The Kier molecular flexibility index (Phi) is 9.13. The molecule has 1 saturated carbocycles. The topological polar surface area (TPSA) is 73.4 Å². The van der Waals surface area contributed by atoms with Gasteiger partial charge in [-0.2, -0.15) is 4.98 Å². The van der Waals surface area contributed by atoms with E-state index in [4.69, 9.17) is 14.2 Å². The summed E-state index contributed by atoms with van der Waals surface area (Å²) in [4.78, 5) is 18.8. The van der Waals surface area contributed by atoms with Gasteiger partial charge in [-0.25, -0.2) is 8.78 Å². The van der Waals surface area contributed by atoms with Gasteiger partial charge >= 0.3 is 5.97 Å². The van der Waals surface area contributed by atoms with E-state index in [2.05, 4.69) is 29.6 Å². The number of rotatable bonds is 10. The van der Waals surface area contributed by atoms with Crippen molar-refractivity contribution < 1.29 is 27.8 Å². The van der Waals surface area contributed by atoms with E-state index in [0.717, 1.165) is 31.7 Å². The van der Waals surface area contributed by atoms with E-state index in [1.807, 2.05) is 22.6 Å². The van der Waals surface area contributed by atoms with Gasteiger partial charge in [0.15, 0.2) is 5.82 Å². The second kappa shape index (κ2) is 11.4. The predicted molar refractivity (Wildman–Crippen MR) is 134 cm³/mol. The van der Waals surface area contributed by atoms with Gasteiger partial charge in [0.05, 0.1) is 17.7 Å². The zero-order valence-electron chi connectivity index (χ0n) is 19.7. The molecule has 2 aromatic rings. The molecule has 33 heavy (non-hydrogen) atoms. The lowest BCUT2D eigenvalue weighted by Crippen LogP contribution is -2.26. The molecule has 1 aliphatic carbocycles. The Balaban J connectivity index is 1.63. The largest absolute Gasteiger partial charge is 0.466 e. The van der Waals surface area contributed by atoms with Crippen LogP contribution in [0.5, 0.6) is 6.01 Å². The number of carbonyl (C=O) groups excluding carboxylic acids is 1. The SMILES string of the molecule is CCOC(=O)CC1CCC(Oc2nc3c(F)c(C(I)OCC[Si](C)(C)C)c(F)cc3[nH]2)CC1. The number of imidazole rings is 1. The number of nitrogens with one attached hydrogen (secondary N) is 1. The zero-order chi connectivity index (χ0) is 24.2. The fourth-order valence-corrected chi connectivity index (χ4v) is 5.51. The van der Waals surface area contributed by atoms with E-state index in [-0.39, 0.29) is 40.6 Å². The number of carbonyl (C=O) groups is 1. The molecule has 1 fully saturated rings. The number of nitrogens with zero attached hydrogens (tertiary/aromatic N) is 1. The molecule has 0 radical (unpaired) electrons. The molecule has 0 bridgehead atoms. The summed E-state index contributed by atoms with van der Waals surface area (Å²) in [6.07, 6.45) is 3.58. The Morgan fingerprint density at radius 2 is 1.97 bits per heavy atom. The summed E-state index contributed by atoms with van der Waals surface area (Å²) in [5, 5.41) is 0. The van der Waals surface area contributed by atoms with Crippen molar-refractivity contribution in [1.29, 1.82) is 0 Å². The molecule has 1 heterocycles. The van der Waals surface area contributed by atoms with Crippen LogP contribution in [0, 0.1) is 17.6 Å². The third kappa shape index (κ3) is 7.35. The van der Waals surface area contributed by atoms with Crippen molar-refractivity contribution in [2.24, 2.45) is 5.92 Å². The van der Waals surface area contributed by atoms with Crippen LogP contribution in [0.2, 0.25) is 25.7 Å². The van der Waals surface area contributed by atoms with Crippen molar-refractivity contribution in [3.8, 4) is 6.01 Å². The molecule has 1 unspecified atom stereocenters. The zero-order valence-corrected chi connectivity index (χ0v) is 22.8. The number of ether oxygens (including phenoxy) is 3. The lowest BCUT2D eigenvalue weighted by Gasteiger charge is -2.27. The highest BCUT2D eigenvalue weighted by molar-refractivity contribution is 14.1. The molecule has 1 N–H and O–H groups in total. The molecular formula is C23H33F2IN2O4Si. The van der Waals surface area contributed by atoms with E-state index < -0.39 is 23.8 Å². The van der Waals surface area contributed by atoms with Crippen molar-refractivity contribution >= 4 is 47.7 Å². The first-order chi connectivity index (χ1) is 15.6. The van der Waals surface area contributed by atoms with Gasteiger partial charge in [-0.05, 0) is 67.2 Å². The summed E-state index contributed by atoms with van der Waals surface area (Å²) in [5.74, 6) is -1.26. The predicted octanol–water partition coefficient (Wildman–Crippen LogP) is 6.52. The van der Waals surface area contributed by atoms with Gasteiger partial charge in [-0.15, -0.1) is 0 Å². The molecule has 0 amide bonds. The summed E-state index contributed by atoms with van der Waals surface area (Å²) in [6.45, 7) is 9.34. The Morgan fingerprint density at radius 3 is 2.61 bits per heavy atom. The Labute approximate surface area is 208 Å². The van der Waals surface area contributed by atoms with E-state index in [1.165, 1.54) is 6.07 Å². The van der Waals surface area contributed by atoms with Crippen LogP contribution in [0.3, 0.4) is 0 Å². The summed E-state index contributed by atoms with van der Waals surface area (Å²) >= 11 is 1.92. The summed E-state index contributed by atoms with van der Waals surface area (Å²) < 4.78 is 45.9. The first-order valence-electron chi connectivity index (χ1n) is 11.5. The number of fused-ring (bicyclic) bond motifs is 1. The normalized spacial score (nSPS) is 20.1. The number of aromatic nitrogens is 2. The molecule has 1 atom stereocenters. The van der Waals surface area contributed by atoms with Gasteiger partial charge in [0.25, 0.3) is 6.01 Å². The molecule has 1 aliphatic rings. The third-order valence-electron chi connectivity index (χ3n) is 5.86. The maximum absolute atomic E-state index is 15.2. The average molecular weight is 595 g/mol. The summed E-state index contributed by atoms with van der Waals surface area (Å²) in [7, 11) is -1.30. The molecule has 3 rings (SSSR count). The number of alkyl halides is 1. The molecule has 1 aromatic carbocycles. The van der Waals surface area contributed by atoms with Crippen LogP contribution in [0.15, 0.2) is 6.07 Å². The number of benzene rings is 1. The second-order valence-corrected chi connectivity index (χ2v) is 16.5. The lowest BCUT2D eigenvalue weighted by molar-refractivity contribution is -0.144. The van der Waals surface area contributed by atoms with Crippen molar-refractivity contribution in [3.63, 3.8) is 0 Å². The van der Waals surface area contributed by atoms with Gasteiger partial charge in [-0.3, -0.25) is 4.79 Å². The minimum atomic E-state index is -1.30. The highest BCUT2D eigenvalue weighted by atomic mass is 127. The highest BCUT2D eigenvalue weighted by Crippen LogP contribution is 2.35. The Bertz CT molecular complexity index is 958. The van der Waals surface area contributed by atoms with Crippen LogP contribution >= 0.6 is 22.6 Å². The number of H-pyrrole nitrogens is 1. The lowest BCUT2D eigenvalue weighted by atomic mass is 9.85. The first kappa shape index (κ1) is 26.3. The van der Waals surface area contributed by atoms with Crippen molar-refractivity contribution in [2.45, 2.75) is 74.9 Å². The number of esters is 1. The number of halogens is 3. The molecule has 0 spiro atoms. The smallest absolute Gasteiger partial charge is 0.306 e. The molecular weight excluding hydrogens is 561 g/mol. The highest BCUT2D eigenvalue weighted by Gasteiger charge is 2.27. The van der Waals surface area contributed by atoms with Gasteiger partial charge in [0.2, 0.25) is 0 Å². The third-order valence-corrected chi connectivity index (χ3v) is 8.55. The van der Waals surface area contributed by atoms with Crippen LogP contribution in [0.1, 0.15) is 48.7 Å². The van der Waals surface area contributed by atoms with Crippen LogP contribution in [0.25, 0.3) is 11.0 Å². The molecule has 6 nitrogen and oxygen atoms in total. The van der Waals surface area contributed by atoms with Crippen molar-refractivity contribution in [1.82, 2.24) is 9.97 Å². The molecule has 0 aliphatic heterocycles. The van der Waals surface area contributed by atoms with Crippen molar-refractivity contribution in [2.75, 3.05) is 13.2 Å². The van der Waals surface area contributed by atoms with E-state index >= 15 is 4.39 Å². The Hall–Kier alpha value is -1.27. The number of aromatic amines is 1. The minimum Gasteiger partial charge on any atom is -0.466 e. The molecule has 10 heteroatoms. The number of hydrogen-bond donors (Lipinski definition) is 1. The van der Waals surface area contributed by atoms with E-state index in [9.17, 15) is 9.18 Å². The molecule has 1 aromatic heterocycles. The van der Waals surface area contributed by atoms with Crippen molar-refractivity contribution in [3.05, 3.63) is 23.3 Å². The molecule has 184 valence electrons. The quantitative estimate of drug-likeness (QED) is 0.147. The summed E-state index contributed by atoms with van der Waals surface area (Å²) in [5.41, 5.74) is 0.189. The van der Waals surface area contributed by atoms with Crippen LogP contribution in [-0.2, 0) is 14.3 Å². The maximum Gasteiger partial charge on any atom is 0.306 e. The average Bonchev–Trinajstić information content (AvgIpc) is 3.11. The Morgan fingerprint density at radius 1 is 1.27 bits per heavy atom. The van der Waals surface area contributed by atoms with Crippen LogP contribution in [0.4, 0.5) is 8.78 Å².